The predicted molar refractivity (Wildman–Crippen MR) is 140 cm³/mol. The zero-order valence-corrected chi connectivity index (χ0v) is 22.8. The fourth-order valence-corrected chi connectivity index (χ4v) is 4.22. The standard InChI is InChI=1S/C28H26ClF3N2O6/c1-15(25(36)33-14-22(35)16-9-17-12-27(2,3)40-24(17)23(10-16)37-4)38-19-5-7-20(8-6-19)39-26-21(29)11-18(13-34-26)28(30,31)32/h5-11,13,15H,12,14H2,1-4H3,(H,33,36)/t15-/m1/s1. The first-order chi connectivity index (χ1) is 18.8. The second kappa shape index (κ2) is 11.2. The average Bonchev–Trinajstić information content (AvgIpc) is 3.21. The Labute approximate surface area is 233 Å². The van der Waals surface area contributed by atoms with Crippen molar-refractivity contribution in [3.8, 4) is 28.9 Å². The van der Waals surface area contributed by atoms with Crippen LogP contribution in [-0.4, -0.2) is 42.0 Å². The average molecular weight is 579 g/mol. The summed E-state index contributed by atoms with van der Waals surface area (Å²) < 4.78 is 60.7. The number of Topliss-reactive ketones (excluding diaryl/α,β-unsaturated/α-hetero) is 1. The lowest BCUT2D eigenvalue weighted by Gasteiger charge is -2.17. The van der Waals surface area contributed by atoms with Crippen molar-refractivity contribution >= 4 is 23.3 Å². The molecule has 0 fully saturated rings. The number of halogens is 4. The molecule has 8 nitrogen and oxygen atoms in total. The first-order valence-corrected chi connectivity index (χ1v) is 12.5. The van der Waals surface area contributed by atoms with E-state index < -0.39 is 29.4 Å². The van der Waals surface area contributed by atoms with Gasteiger partial charge in [-0.05, 0) is 63.2 Å². The molecule has 0 saturated heterocycles. The summed E-state index contributed by atoms with van der Waals surface area (Å²) in [6, 6.07) is 10.0. The molecule has 4 rings (SSSR count). The van der Waals surface area contributed by atoms with E-state index in [1.807, 2.05) is 13.8 Å². The van der Waals surface area contributed by atoms with Gasteiger partial charge >= 0.3 is 6.18 Å². The summed E-state index contributed by atoms with van der Waals surface area (Å²) >= 11 is 5.87. The number of ether oxygens (including phenoxy) is 4. The predicted octanol–water partition coefficient (Wildman–Crippen LogP) is 6.03. The van der Waals surface area contributed by atoms with E-state index in [-0.39, 0.29) is 29.0 Å². The molecule has 3 aromatic rings. The number of benzene rings is 2. The Hall–Kier alpha value is -3.99. The van der Waals surface area contributed by atoms with Crippen molar-refractivity contribution < 1.29 is 41.7 Å². The molecule has 2 heterocycles. The number of aromatic nitrogens is 1. The number of pyridine rings is 1. The third-order valence-electron chi connectivity index (χ3n) is 5.95. The number of hydrogen-bond donors (Lipinski definition) is 1. The zero-order chi connectivity index (χ0) is 29.2. The maximum absolute atomic E-state index is 12.8. The monoisotopic (exact) mass is 578 g/mol. The van der Waals surface area contributed by atoms with Crippen molar-refractivity contribution in [2.75, 3.05) is 13.7 Å². The molecule has 0 unspecified atom stereocenters. The second-order valence-corrected chi connectivity index (χ2v) is 10.1. The van der Waals surface area contributed by atoms with Gasteiger partial charge in [-0.2, -0.15) is 13.2 Å². The normalized spacial score (nSPS) is 14.5. The van der Waals surface area contributed by atoms with E-state index in [9.17, 15) is 22.8 Å². The first kappa shape index (κ1) is 29.0. The molecule has 0 saturated carbocycles. The van der Waals surface area contributed by atoms with Crippen LogP contribution in [0.2, 0.25) is 5.02 Å². The summed E-state index contributed by atoms with van der Waals surface area (Å²) in [4.78, 5) is 29.0. The molecule has 12 heteroatoms. The van der Waals surface area contributed by atoms with E-state index in [1.165, 1.54) is 38.3 Å². The maximum atomic E-state index is 12.8. The number of rotatable bonds is 9. The van der Waals surface area contributed by atoms with Crippen molar-refractivity contribution in [1.82, 2.24) is 10.3 Å². The van der Waals surface area contributed by atoms with Gasteiger partial charge in [0.25, 0.3) is 5.91 Å². The molecule has 0 bridgehead atoms. The number of nitrogens with zero attached hydrogens (tertiary/aromatic N) is 1. The third-order valence-corrected chi connectivity index (χ3v) is 6.22. The quantitative estimate of drug-likeness (QED) is 0.310. The Morgan fingerprint density at radius 3 is 2.45 bits per heavy atom. The van der Waals surface area contributed by atoms with Crippen molar-refractivity contribution in [2.45, 2.75) is 45.1 Å². The van der Waals surface area contributed by atoms with Crippen LogP contribution in [0.15, 0.2) is 48.7 Å². The van der Waals surface area contributed by atoms with Gasteiger partial charge in [0.1, 0.15) is 22.1 Å². The number of carbonyl (C=O) groups is 2. The smallest absolute Gasteiger partial charge is 0.417 e. The molecule has 1 aliphatic heterocycles. The molecule has 1 amide bonds. The SMILES string of the molecule is COc1cc(C(=O)CNC(=O)[C@@H](C)Oc2ccc(Oc3ncc(C(F)(F)F)cc3Cl)cc2)cc2c1OC(C)(C)C2. The van der Waals surface area contributed by atoms with Gasteiger partial charge in [-0.3, -0.25) is 9.59 Å². The van der Waals surface area contributed by atoms with E-state index in [1.54, 1.807) is 12.1 Å². The molecule has 40 heavy (non-hydrogen) atoms. The Morgan fingerprint density at radius 1 is 1.15 bits per heavy atom. The molecule has 2 aromatic carbocycles. The van der Waals surface area contributed by atoms with Gasteiger partial charge in [0, 0.05) is 23.7 Å². The first-order valence-electron chi connectivity index (χ1n) is 12.1. The molecule has 1 aliphatic rings. The number of alkyl halides is 3. The van der Waals surface area contributed by atoms with Crippen molar-refractivity contribution in [3.63, 3.8) is 0 Å². The molecule has 212 valence electrons. The number of ketones is 1. The van der Waals surface area contributed by atoms with E-state index in [0.29, 0.717) is 35.4 Å². The lowest BCUT2D eigenvalue weighted by atomic mass is 9.98. The molecule has 0 aliphatic carbocycles. The highest BCUT2D eigenvalue weighted by atomic mass is 35.5. The zero-order valence-electron chi connectivity index (χ0n) is 22.0. The van der Waals surface area contributed by atoms with Crippen molar-refractivity contribution in [3.05, 3.63) is 70.4 Å². The summed E-state index contributed by atoms with van der Waals surface area (Å²) in [5.41, 5.74) is -0.147. The largest absolute Gasteiger partial charge is 0.493 e. The van der Waals surface area contributed by atoms with Crippen LogP contribution in [0.3, 0.4) is 0 Å². The Morgan fingerprint density at radius 2 is 1.82 bits per heavy atom. The molecule has 1 N–H and O–H groups in total. The number of methoxy groups -OCH3 is 1. The number of carbonyl (C=O) groups excluding carboxylic acids is 2. The van der Waals surface area contributed by atoms with Crippen LogP contribution in [0, 0.1) is 0 Å². The third kappa shape index (κ3) is 6.77. The Balaban J connectivity index is 1.31. The van der Waals surface area contributed by atoms with Crippen molar-refractivity contribution in [1.29, 1.82) is 0 Å². The fraction of sp³-hybridized carbons (Fsp3) is 0.321. The number of fused-ring (bicyclic) bond motifs is 1. The van der Waals surface area contributed by atoms with Crippen LogP contribution in [-0.2, 0) is 17.4 Å². The summed E-state index contributed by atoms with van der Waals surface area (Å²) in [7, 11) is 1.50. The van der Waals surface area contributed by atoms with E-state index in [2.05, 4.69) is 10.3 Å². The van der Waals surface area contributed by atoms with E-state index in [0.717, 1.165) is 11.6 Å². The number of amides is 1. The number of hydrogen-bond acceptors (Lipinski definition) is 7. The van der Waals surface area contributed by atoms with Gasteiger partial charge in [0.2, 0.25) is 5.88 Å². The highest BCUT2D eigenvalue weighted by molar-refractivity contribution is 6.31. The minimum atomic E-state index is -4.58. The van der Waals surface area contributed by atoms with E-state index >= 15 is 0 Å². The summed E-state index contributed by atoms with van der Waals surface area (Å²) in [5.74, 6) is 0.624. The Kier molecular flexibility index (Phi) is 8.15. The lowest BCUT2D eigenvalue weighted by molar-refractivity contribution is -0.137. The van der Waals surface area contributed by atoms with Gasteiger partial charge < -0.3 is 24.3 Å². The van der Waals surface area contributed by atoms with Crippen LogP contribution < -0.4 is 24.3 Å². The highest BCUT2D eigenvalue weighted by Gasteiger charge is 2.34. The van der Waals surface area contributed by atoms with Crippen molar-refractivity contribution in [2.24, 2.45) is 0 Å². The molecule has 1 atom stereocenters. The van der Waals surface area contributed by atoms with Crippen LogP contribution in [0.5, 0.6) is 28.9 Å². The summed E-state index contributed by atoms with van der Waals surface area (Å²) in [6.45, 7) is 5.17. The minimum Gasteiger partial charge on any atom is -0.493 e. The van der Waals surface area contributed by atoms with Gasteiger partial charge in [0.05, 0.1) is 19.2 Å². The molecule has 0 radical (unpaired) electrons. The van der Waals surface area contributed by atoms with Crippen LogP contribution in [0.4, 0.5) is 13.2 Å². The van der Waals surface area contributed by atoms with E-state index in [4.69, 9.17) is 30.5 Å². The number of nitrogens with one attached hydrogen (secondary N) is 1. The minimum absolute atomic E-state index is 0.196. The van der Waals surface area contributed by atoms with Gasteiger partial charge in [-0.15, -0.1) is 0 Å². The summed E-state index contributed by atoms with van der Waals surface area (Å²) in [6.07, 6.45) is -4.27. The van der Waals surface area contributed by atoms with Crippen LogP contribution >= 0.6 is 11.6 Å². The second-order valence-electron chi connectivity index (χ2n) is 9.69. The molecule has 0 spiro atoms. The fourth-order valence-electron chi connectivity index (χ4n) is 4.01. The summed E-state index contributed by atoms with van der Waals surface area (Å²) in [5, 5.41) is 2.27. The maximum Gasteiger partial charge on any atom is 0.417 e. The lowest BCUT2D eigenvalue weighted by Crippen LogP contribution is -2.39. The van der Waals surface area contributed by atoms with Gasteiger partial charge in [0.15, 0.2) is 23.4 Å². The molecule has 1 aromatic heterocycles. The Bertz CT molecular complexity index is 1430. The van der Waals surface area contributed by atoms with Crippen LogP contribution in [0.1, 0.15) is 42.3 Å². The van der Waals surface area contributed by atoms with Crippen LogP contribution in [0.25, 0.3) is 0 Å². The highest BCUT2D eigenvalue weighted by Crippen LogP contribution is 2.42. The molecular formula is C28H26ClF3N2O6. The van der Waals surface area contributed by atoms with Gasteiger partial charge in [-0.25, -0.2) is 4.98 Å². The topological polar surface area (TPSA) is 96.0 Å². The molecular weight excluding hydrogens is 553 g/mol. The van der Waals surface area contributed by atoms with Gasteiger partial charge in [-0.1, -0.05) is 11.6 Å².